The minimum atomic E-state index is -1.98. The first-order valence-electron chi connectivity index (χ1n) is 14.8. The number of carbonyl (C=O) groups is 3. The van der Waals surface area contributed by atoms with Crippen molar-refractivity contribution in [2.75, 3.05) is 20.2 Å². The van der Waals surface area contributed by atoms with E-state index in [2.05, 4.69) is 4.90 Å². The Balaban J connectivity index is 0.00000384. The predicted octanol–water partition coefficient (Wildman–Crippen LogP) is 2.98. The van der Waals surface area contributed by atoms with Crippen molar-refractivity contribution >= 4 is 29.8 Å². The number of likely N-dealkylation sites (tertiary alicyclic amines) is 1. The molecule has 0 bridgehead atoms. The Labute approximate surface area is 261 Å². The normalized spacial score (nSPS) is 30.1. The van der Waals surface area contributed by atoms with E-state index < -0.39 is 71.0 Å². The molecule has 12 heteroatoms. The average Bonchev–Trinajstić information content (AvgIpc) is 2.99. The highest BCUT2D eigenvalue weighted by atomic mass is 35.5. The molecule has 2 aliphatic heterocycles. The number of methoxy groups -OCH3 is 1. The van der Waals surface area contributed by atoms with E-state index in [4.69, 9.17) is 14.2 Å². The number of phenolic OH excluding ortho intramolecular Hbond substituents is 2. The molecule has 44 heavy (non-hydrogen) atoms. The third kappa shape index (κ3) is 5.09. The molecule has 2 aromatic rings. The molecular weight excluding hydrogens is 594 g/mol. The smallest absolute Gasteiger partial charge is 0.202 e. The average molecular weight is 632 g/mol. The number of ether oxygens (including phenoxy) is 3. The van der Waals surface area contributed by atoms with Gasteiger partial charge in [0.1, 0.15) is 22.8 Å². The highest BCUT2D eigenvalue weighted by Gasteiger charge is 2.50. The lowest BCUT2D eigenvalue weighted by molar-refractivity contribution is -0.259. The standard InChI is InChI=1S/C32H37NO10.ClH/c1-15-27(35)19(33-10-5-4-6-11-33)12-22(42-15)43-21-14-32(40,16(2)34)13-18-24(21)31(39)26-25(29(18)37)28(36)17-8-7-9-20(41-3)23(17)30(26)38;/h7-9,15,19,21-22,27,35,37,39-40H,4-6,10-14H2,1-3H3;1H/t15-,19-,21-,22-,27+,32-;/m0./s1. The van der Waals surface area contributed by atoms with Gasteiger partial charge in [0.05, 0.1) is 42.1 Å². The Kier molecular flexibility index (Phi) is 8.84. The van der Waals surface area contributed by atoms with Crippen molar-refractivity contribution in [2.45, 2.75) is 88.6 Å². The zero-order valence-corrected chi connectivity index (χ0v) is 25.7. The molecule has 0 radical (unpaired) electrons. The second kappa shape index (κ2) is 12.0. The topological polar surface area (TPSA) is 163 Å². The molecule has 11 nitrogen and oxygen atoms in total. The van der Waals surface area contributed by atoms with Crippen LogP contribution >= 0.6 is 12.4 Å². The van der Waals surface area contributed by atoms with Gasteiger partial charge >= 0.3 is 0 Å². The number of carbonyl (C=O) groups excluding carboxylic acids is 3. The van der Waals surface area contributed by atoms with Gasteiger partial charge in [0.25, 0.3) is 0 Å². The molecule has 0 amide bonds. The maximum absolute atomic E-state index is 13.8. The molecular formula is C32H38ClNO10. The van der Waals surface area contributed by atoms with Crippen LogP contribution in [0.2, 0.25) is 0 Å². The van der Waals surface area contributed by atoms with Crippen LogP contribution in [0.15, 0.2) is 18.2 Å². The van der Waals surface area contributed by atoms with Gasteiger partial charge < -0.3 is 34.6 Å². The van der Waals surface area contributed by atoms with E-state index in [1.807, 2.05) is 0 Å². The van der Waals surface area contributed by atoms with Crippen LogP contribution in [-0.4, -0.2) is 93.0 Å². The minimum Gasteiger partial charge on any atom is -0.507 e. The number of hydrogen-bond acceptors (Lipinski definition) is 11. The van der Waals surface area contributed by atoms with Crippen LogP contribution in [0.25, 0.3) is 0 Å². The monoisotopic (exact) mass is 631 g/mol. The Bertz CT molecular complexity index is 1500. The molecule has 238 valence electrons. The molecule has 2 aromatic carbocycles. The molecule has 6 rings (SSSR count). The van der Waals surface area contributed by atoms with Crippen LogP contribution in [0.3, 0.4) is 0 Å². The largest absolute Gasteiger partial charge is 0.507 e. The van der Waals surface area contributed by atoms with Crippen LogP contribution in [0.4, 0.5) is 0 Å². The van der Waals surface area contributed by atoms with Gasteiger partial charge in [0.15, 0.2) is 17.9 Å². The number of piperidine rings is 1. The molecule has 4 aliphatic rings. The highest BCUT2D eigenvalue weighted by molar-refractivity contribution is 6.31. The molecule has 6 atom stereocenters. The summed E-state index contributed by atoms with van der Waals surface area (Å²) >= 11 is 0. The molecule has 0 spiro atoms. The van der Waals surface area contributed by atoms with Crippen LogP contribution in [0.1, 0.15) is 95.0 Å². The molecule has 2 saturated heterocycles. The van der Waals surface area contributed by atoms with Crippen molar-refractivity contribution in [2.24, 2.45) is 0 Å². The Morgan fingerprint density at radius 2 is 1.73 bits per heavy atom. The van der Waals surface area contributed by atoms with E-state index in [1.54, 1.807) is 13.0 Å². The number of fused-ring (bicyclic) bond motifs is 3. The fraction of sp³-hybridized carbons (Fsp3) is 0.531. The van der Waals surface area contributed by atoms with Crippen LogP contribution in [0, 0.1) is 0 Å². The minimum absolute atomic E-state index is 0. The van der Waals surface area contributed by atoms with Gasteiger partial charge in [-0.05, 0) is 45.8 Å². The lowest BCUT2D eigenvalue weighted by Gasteiger charge is -2.46. The number of Topliss-reactive ketones (excluding diaryl/α,β-unsaturated/α-hetero) is 1. The van der Waals surface area contributed by atoms with Crippen molar-refractivity contribution in [3.8, 4) is 17.2 Å². The molecule has 0 unspecified atom stereocenters. The number of nitrogens with zero attached hydrogens (tertiary/aromatic N) is 1. The van der Waals surface area contributed by atoms with Gasteiger partial charge in [0, 0.05) is 42.0 Å². The summed E-state index contributed by atoms with van der Waals surface area (Å²) in [5.41, 5.74) is -2.83. The summed E-state index contributed by atoms with van der Waals surface area (Å²) < 4.78 is 17.7. The molecule has 2 heterocycles. The number of ketones is 3. The summed E-state index contributed by atoms with van der Waals surface area (Å²) in [6.07, 6.45) is -0.660. The number of phenols is 2. The van der Waals surface area contributed by atoms with Crippen molar-refractivity contribution in [1.29, 1.82) is 0 Å². The molecule has 4 N–H and O–H groups in total. The third-order valence-electron chi connectivity index (χ3n) is 9.58. The highest BCUT2D eigenvalue weighted by Crippen LogP contribution is 2.52. The van der Waals surface area contributed by atoms with Gasteiger partial charge in [-0.3, -0.25) is 19.3 Å². The van der Waals surface area contributed by atoms with Crippen LogP contribution in [0.5, 0.6) is 17.2 Å². The van der Waals surface area contributed by atoms with Crippen molar-refractivity contribution < 1.29 is 49.0 Å². The molecule has 2 fully saturated rings. The number of hydrogen-bond donors (Lipinski definition) is 4. The predicted molar refractivity (Wildman–Crippen MR) is 159 cm³/mol. The summed E-state index contributed by atoms with van der Waals surface area (Å²) in [6.45, 7) is 4.63. The SMILES string of the molecule is COc1cccc2c1C(=O)c1c(O)c3c(c(O)c1C2=O)C[C@@](O)(C(C)=O)C[C@@H]3O[C@H]1C[C@H](N2CCCCC2)[C@H](O)[C@H](C)O1.Cl. The fourth-order valence-corrected chi connectivity index (χ4v) is 7.21. The lowest BCUT2D eigenvalue weighted by atomic mass is 9.72. The molecule has 2 aliphatic carbocycles. The van der Waals surface area contributed by atoms with Crippen molar-refractivity contribution in [3.63, 3.8) is 0 Å². The van der Waals surface area contributed by atoms with E-state index in [9.17, 15) is 34.8 Å². The molecule has 0 saturated carbocycles. The number of halogens is 1. The van der Waals surface area contributed by atoms with Gasteiger partial charge in [-0.25, -0.2) is 0 Å². The van der Waals surface area contributed by atoms with Gasteiger partial charge in [0.2, 0.25) is 5.78 Å². The second-order valence-corrected chi connectivity index (χ2v) is 12.1. The van der Waals surface area contributed by atoms with E-state index in [0.717, 1.165) is 32.4 Å². The summed E-state index contributed by atoms with van der Waals surface area (Å²) in [7, 11) is 1.36. The number of aliphatic hydroxyl groups is 2. The first-order chi connectivity index (χ1) is 20.5. The summed E-state index contributed by atoms with van der Waals surface area (Å²) in [6, 6.07) is 4.25. The van der Waals surface area contributed by atoms with E-state index >= 15 is 0 Å². The Morgan fingerprint density at radius 3 is 2.39 bits per heavy atom. The van der Waals surface area contributed by atoms with Crippen molar-refractivity contribution in [1.82, 2.24) is 4.90 Å². The second-order valence-electron chi connectivity index (χ2n) is 12.1. The fourth-order valence-electron chi connectivity index (χ4n) is 7.21. The third-order valence-corrected chi connectivity index (χ3v) is 9.58. The maximum atomic E-state index is 13.8. The first-order valence-corrected chi connectivity index (χ1v) is 14.8. The summed E-state index contributed by atoms with van der Waals surface area (Å²) in [4.78, 5) is 42.4. The Morgan fingerprint density at radius 1 is 1.05 bits per heavy atom. The van der Waals surface area contributed by atoms with Crippen LogP contribution in [-0.2, 0) is 20.7 Å². The Hall–Kier alpha value is -3.06. The number of aliphatic hydroxyl groups excluding tert-OH is 1. The van der Waals surface area contributed by atoms with Crippen molar-refractivity contribution in [3.05, 3.63) is 51.6 Å². The van der Waals surface area contributed by atoms with E-state index in [-0.39, 0.29) is 64.9 Å². The zero-order valence-electron chi connectivity index (χ0n) is 24.9. The van der Waals surface area contributed by atoms with Gasteiger partial charge in [-0.1, -0.05) is 18.6 Å². The van der Waals surface area contributed by atoms with Gasteiger partial charge in [-0.15, -0.1) is 12.4 Å². The first kappa shape index (κ1) is 32.3. The summed E-state index contributed by atoms with van der Waals surface area (Å²) in [5, 5.41) is 45.6. The lowest BCUT2D eigenvalue weighted by Crippen LogP contribution is -2.56. The van der Waals surface area contributed by atoms with Gasteiger partial charge in [-0.2, -0.15) is 0 Å². The van der Waals surface area contributed by atoms with Crippen LogP contribution < -0.4 is 4.74 Å². The maximum Gasteiger partial charge on any atom is 0.202 e. The van der Waals surface area contributed by atoms with E-state index in [1.165, 1.54) is 26.2 Å². The summed E-state index contributed by atoms with van der Waals surface area (Å²) in [5.74, 6) is -3.01. The number of rotatable bonds is 5. The quantitative estimate of drug-likeness (QED) is 0.306. The zero-order chi connectivity index (χ0) is 30.8. The molecule has 0 aromatic heterocycles. The van der Waals surface area contributed by atoms with E-state index in [0.29, 0.717) is 0 Å². The number of benzene rings is 2. The number of aromatic hydroxyl groups is 2.